The van der Waals surface area contributed by atoms with E-state index < -0.39 is 11.8 Å². The van der Waals surface area contributed by atoms with Crippen molar-refractivity contribution in [3.63, 3.8) is 0 Å². The number of halogens is 2. The van der Waals surface area contributed by atoms with Crippen LogP contribution in [0.4, 0.5) is 4.39 Å². The fourth-order valence-corrected chi connectivity index (χ4v) is 1.15. The predicted octanol–water partition coefficient (Wildman–Crippen LogP) is 3.84. The van der Waals surface area contributed by atoms with Gasteiger partial charge in [-0.05, 0) is 30.4 Å². The second kappa shape index (κ2) is 10.1. The molecule has 0 aromatic heterocycles. The lowest BCUT2D eigenvalue weighted by Gasteiger charge is -2.08. The Morgan fingerprint density at radius 2 is 1.89 bits per heavy atom. The number of rotatable bonds is 4. The molecule has 0 heterocycles. The molecule has 102 valence electrons. The van der Waals surface area contributed by atoms with Gasteiger partial charge in [0.25, 0.3) is 0 Å². The summed E-state index contributed by atoms with van der Waals surface area (Å²) in [6.45, 7) is 6.24. The molecule has 3 nitrogen and oxygen atoms in total. The lowest BCUT2D eigenvalue weighted by atomic mass is 10.2. The summed E-state index contributed by atoms with van der Waals surface area (Å²) < 4.78 is 24.1. The summed E-state index contributed by atoms with van der Waals surface area (Å²) in [5.74, 6) is -0.719. The van der Waals surface area contributed by atoms with Gasteiger partial charge in [0.2, 0.25) is 0 Å². The molecule has 0 bridgehead atoms. The Labute approximate surface area is 121 Å². The number of ether oxygens (including phenoxy) is 2. The first kappa shape index (κ1) is 17.2. The lowest BCUT2D eigenvalue weighted by Crippen LogP contribution is -2.08. The number of benzene rings is 1. The van der Waals surface area contributed by atoms with Crippen LogP contribution in [-0.2, 0) is 4.74 Å². The Balaban J connectivity index is 0.000000873. The Bertz CT molecular complexity index is 369. The van der Waals surface area contributed by atoms with Crippen LogP contribution in [0.25, 0.3) is 0 Å². The second-order valence-corrected chi connectivity index (χ2v) is 4.59. The Morgan fingerprint density at radius 3 is 2.39 bits per heavy atom. The van der Waals surface area contributed by atoms with Gasteiger partial charge in [-0.15, -0.1) is 0 Å². The van der Waals surface area contributed by atoms with Gasteiger partial charge in [0.15, 0.2) is 0 Å². The maximum Gasteiger partial charge on any atom is 0.341 e. The quantitative estimate of drug-likeness (QED) is 0.460. The van der Waals surface area contributed by atoms with Gasteiger partial charge in [-0.25, -0.2) is 9.18 Å². The van der Waals surface area contributed by atoms with Gasteiger partial charge in [0.1, 0.15) is 17.1 Å². The zero-order valence-corrected chi connectivity index (χ0v) is 13.0. The SMILES string of the molecule is CCI.CCOC(=O)c1ccc(F)cc1OCC. The van der Waals surface area contributed by atoms with Crippen LogP contribution in [0.3, 0.4) is 0 Å². The summed E-state index contributed by atoms with van der Waals surface area (Å²) in [4.78, 5) is 11.4. The van der Waals surface area contributed by atoms with Crippen molar-refractivity contribution in [1.82, 2.24) is 0 Å². The zero-order chi connectivity index (χ0) is 14.0. The number of alkyl halides is 1. The third-order valence-electron chi connectivity index (χ3n) is 1.74. The number of esters is 1. The number of carbonyl (C=O) groups is 1. The van der Waals surface area contributed by atoms with Gasteiger partial charge < -0.3 is 9.47 Å². The van der Waals surface area contributed by atoms with Crippen LogP contribution in [0.5, 0.6) is 5.75 Å². The van der Waals surface area contributed by atoms with Crippen molar-refractivity contribution in [2.24, 2.45) is 0 Å². The summed E-state index contributed by atoms with van der Waals surface area (Å²) in [6, 6.07) is 3.74. The van der Waals surface area contributed by atoms with Crippen LogP contribution >= 0.6 is 22.6 Å². The second-order valence-electron chi connectivity index (χ2n) is 3.06. The van der Waals surface area contributed by atoms with Crippen molar-refractivity contribution in [3.8, 4) is 5.75 Å². The third-order valence-corrected chi connectivity index (χ3v) is 1.74. The van der Waals surface area contributed by atoms with E-state index in [9.17, 15) is 9.18 Å². The van der Waals surface area contributed by atoms with Crippen LogP contribution < -0.4 is 4.74 Å². The number of hydrogen-bond donors (Lipinski definition) is 0. The molecule has 0 fully saturated rings. The molecule has 0 radical (unpaired) electrons. The first-order valence-electron chi connectivity index (χ1n) is 5.76. The molecule has 0 N–H and O–H groups in total. The molecule has 0 aliphatic carbocycles. The van der Waals surface area contributed by atoms with E-state index in [0.717, 1.165) is 0 Å². The van der Waals surface area contributed by atoms with Gasteiger partial charge in [0.05, 0.1) is 13.2 Å². The predicted molar refractivity (Wildman–Crippen MR) is 78.1 cm³/mol. The van der Waals surface area contributed by atoms with Crippen molar-refractivity contribution in [2.45, 2.75) is 20.8 Å². The molecule has 0 amide bonds. The fourth-order valence-electron chi connectivity index (χ4n) is 1.15. The Morgan fingerprint density at radius 1 is 1.28 bits per heavy atom. The minimum absolute atomic E-state index is 0.218. The van der Waals surface area contributed by atoms with E-state index in [0.29, 0.717) is 6.61 Å². The van der Waals surface area contributed by atoms with Crippen molar-refractivity contribution in [1.29, 1.82) is 0 Å². The van der Waals surface area contributed by atoms with E-state index in [1.165, 1.54) is 22.6 Å². The summed E-state index contributed by atoms with van der Waals surface area (Å²) >= 11 is 2.29. The monoisotopic (exact) mass is 368 g/mol. The topological polar surface area (TPSA) is 35.5 Å². The smallest absolute Gasteiger partial charge is 0.341 e. The molecule has 1 aromatic carbocycles. The van der Waals surface area contributed by atoms with E-state index in [1.807, 2.05) is 0 Å². The molecular weight excluding hydrogens is 350 g/mol. The lowest BCUT2D eigenvalue weighted by molar-refractivity contribution is 0.0522. The molecule has 0 unspecified atom stereocenters. The maximum absolute atomic E-state index is 12.9. The fraction of sp³-hybridized carbons (Fsp3) is 0.462. The van der Waals surface area contributed by atoms with E-state index in [-0.39, 0.29) is 17.9 Å². The van der Waals surface area contributed by atoms with E-state index in [4.69, 9.17) is 9.47 Å². The van der Waals surface area contributed by atoms with Crippen LogP contribution in [0.15, 0.2) is 18.2 Å². The van der Waals surface area contributed by atoms with Crippen LogP contribution in [0.1, 0.15) is 31.1 Å². The third kappa shape index (κ3) is 6.18. The first-order chi connectivity index (χ1) is 8.60. The van der Waals surface area contributed by atoms with Gasteiger partial charge >= 0.3 is 5.97 Å². The van der Waals surface area contributed by atoms with Crippen molar-refractivity contribution in [3.05, 3.63) is 29.6 Å². The molecule has 1 rings (SSSR count). The molecule has 0 atom stereocenters. The highest BCUT2D eigenvalue weighted by molar-refractivity contribution is 14.1. The molecule has 0 saturated heterocycles. The average molecular weight is 368 g/mol. The molecular formula is C13H18FIO3. The Kier molecular flexibility index (Phi) is 9.63. The highest BCUT2D eigenvalue weighted by Gasteiger charge is 2.13. The molecule has 0 aliphatic heterocycles. The number of carbonyl (C=O) groups excluding carboxylic acids is 1. The average Bonchev–Trinajstić information content (AvgIpc) is 2.31. The molecule has 18 heavy (non-hydrogen) atoms. The minimum atomic E-state index is -0.499. The van der Waals surface area contributed by atoms with Crippen molar-refractivity contribution < 1.29 is 18.7 Å². The van der Waals surface area contributed by atoms with Crippen LogP contribution in [-0.4, -0.2) is 23.6 Å². The molecule has 0 aliphatic rings. The van der Waals surface area contributed by atoms with E-state index >= 15 is 0 Å². The summed E-state index contributed by atoms with van der Waals surface area (Å²) in [5, 5.41) is 0. The van der Waals surface area contributed by atoms with Gasteiger partial charge in [-0.1, -0.05) is 29.5 Å². The number of hydrogen-bond acceptors (Lipinski definition) is 3. The van der Waals surface area contributed by atoms with Crippen LogP contribution in [0, 0.1) is 5.82 Å². The van der Waals surface area contributed by atoms with E-state index in [1.54, 1.807) is 13.8 Å². The maximum atomic E-state index is 12.9. The molecule has 1 aromatic rings. The minimum Gasteiger partial charge on any atom is -0.493 e. The van der Waals surface area contributed by atoms with Crippen LogP contribution in [0.2, 0.25) is 0 Å². The largest absolute Gasteiger partial charge is 0.493 e. The molecule has 0 spiro atoms. The molecule has 5 heteroatoms. The van der Waals surface area contributed by atoms with Gasteiger partial charge in [0, 0.05) is 6.07 Å². The van der Waals surface area contributed by atoms with Gasteiger partial charge in [-0.3, -0.25) is 0 Å². The van der Waals surface area contributed by atoms with Gasteiger partial charge in [-0.2, -0.15) is 0 Å². The highest BCUT2D eigenvalue weighted by atomic mass is 127. The standard InChI is InChI=1S/C11H13FO3.C2H5I/c1-3-14-10-7-8(12)5-6-9(10)11(13)15-4-2;1-2-3/h5-7H,3-4H2,1-2H3;2H2,1H3. The normalized spacial score (nSPS) is 9.17. The summed E-state index contributed by atoms with van der Waals surface area (Å²) in [6.07, 6.45) is 0. The van der Waals surface area contributed by atoms with Crippen molar-refractivity contribution >= 4 is 28.6 Å². The van der Waals surface area contributed by atoms with E-state index in [2.05, 4.69) is 29.5 Å². The first-order valence-corrected chi connectivity index (χ1v) is 7.28. The van der Waals surface area contributed by atoms with Crippen molar-refractivity contribution in [2.75, 3.05) is 17.6 Å². The highest BCUT2D eigenvalue weighted by Crippen LogP contribution is 2.20. The Hall–Kier alpha value is -0.850. The summed E-state index contributed by atoms with van der Waals surface area (Å²) in [7, 11) is 0. The summed E-state index contributed by atoms with van der Waals surface area (Å²) in [5.41, 5.74) is 0.250. The zero-order valence-electron chi connectivity index (χ0n) is 10.8. The molecule has 0 saturated carbocycles.